The van der Waals surface area contributed by atoms with Gasteiger partial charge in [0.05, 0.1) is 19.8 Å². The first kappa shape index (κ1) is 19.5. The molecule has 0 bridgehead atoms. The maximum absolute atomic E-state index is 12.6. The minimum absolute atomic E-state index is 0.128. The third-order valence-corrected chi connectivity index (χ3v) is 4.88. The zero-order valence-electron chi connectivity index (χ0n) is 16.2. The number of hydrogen-bond donors (Lipinski definition) is 0. The Labute approximate surface area is 165 Å². The van der Waals surface area contributed by atoms with Crippen LogP contribution in [0.25, 0.3) is 0 Å². The third-order valence-electron chi connectivity index (χ3n) is 4.88. The van der Waals surface area contributed by atoms with Crippen LogP contribution in [0.1, 0.15) is 17.5 Å². The number of rotatable bonds is 6. The molecule has 0 atom stereocenters. The number of aromatic nitrogens is 1. The molecule has 28 heavy (non-hydrogen) atoms. The lowest BCUT2D eigenvalue weighted by atomic mass is 10.1. The molecule has 1 aromatic heterocycles. The molecule has 2 heterocycles. The topological polar surface area (TPSA) is 78.7 Å². The predicted molar refractivity (Wildman–Crippen MR) is 106 cm³/mol. The van der Waals surface area contributed by atoms with Crippen LogP contribution in [0.4, 0.5) is 5.82 Å². The van der Waals surface area contributed by atoms with E-state index in [4.69, 9.17) is 9.47 Å². The number of amides is 1. The molecule has 1 aliphatic rings. The molecule has 0 N–H and O–H groups in total. The second-order valence-electron chi connectivity index (χ2n) is 6.58. The lowest BCUT2D eigenvalue weighted by Crippen LogP contribution is -2.49. The number of pyridine rings is 1. The van der Waals surface area contributed by atoms with Crippen molar-refractivity contribution in [2.24, 2.45) is 0 Å². The van der Waals surface area contributed by atoms with Gasteiger partial charge in [-0.3, -0.25) is 4.79 Å². The number of carbonyl (C=O) groups excluding carboxylic acids is 1. The summed E-state index contributed by atoms with van der Waals surface area (Å²) in [6, 6.07) is 11.4. The van der Waals surface area contributed by atoms with E-state index < -0.39 is 0 Å². The second-order valence-corrected chi connectivity index (χ2v) is 6.58. The highest BCUT2D eigenvalue weighted by atomic mass is 16.5. The number of nitrogens with zero attached hydrogens (tertiary/aromatic N) is 4. The quantitative estimate of drug-likeness (QED) is 0.765. The van der Waals surface area contributed by atoms with Gasteiger partial charge in [0, 0.05) is 44.9 Å². The molecule has 1 fully saturated rings. The molecule has 0 radical (unpaired) electrons. The molecule has 1 aliphatic heterocycles. The van der Waals surface area contributed by atoms with Crippen LogP contribution in [0.15, 0.2) is 36.5 Å². The summed E-state index contributed by atoms with van der Waals surface area (Å²) in [5, 5.41) is 9.24. The molecule has 1 amide bonds. The Morgan fingerprint density at radius 1 is 1.14 bits per heavy atom. The molecule has 0 unspecified atom stereocenters. The number of nitriles is 1. The van der Waals surface area contributed by atoms with Crippen molar-refractivity contribution in [2.75, 3.05) is 45.3 Å². The molecular weight excluding hydrogens is 356 g/mol. The van der Waals surface area contributed by atoms with Gasteiger partial charge in [0.2, 0.25) is 5.91 Å². The molecule has 0 aliphatic carbocycles. The summed E-state index contributed by atoms with van der Waals surface area (Å²) in [5.74, 6) is 2.27. The van der Waals surface area contributed by atoms with Crippen molar-refractivity contribution in [3.8, 4) is 17.6 Å². The highest BCUT2D eigenvalue weighted by Crippen LogP contribution is 2.24. The van der Waals surface area contributed by atoms with Crippen LogP contribution >= 0.6 is 0 Å². The van der Waals surface area contributed by atoms with Gasteiger partial charge >= 0.3 is 0 Å². The van der Waals surface area contributed by atoms with E-state index >= 15 is 0 Å². The van der Waals surface area contributed by atoms with Gasteiger partial charge in [0.25, 0.3) is 0 Å². The third kappa shape index (κ3) is 4.52. The highest BCUT2D eigenvalue weighted by molar-refractivity contribution is 5.77. The van der Waals surface area contributed by atoms with Crippen LogP contribution in [0.5, 0.6) is 11.5 Å². The Kier molecular flexibility index (Phi) is 6.33. The fourth-order valence-electron chi connectivity index (χ4n) is 3.32. The van der Waals surface area contributed by atoms with Gasteiger partial charge in [0.15, 0.2) is 0 Å². The van der Waals surface area contributed by atoms with E-state index in [9.17, 15) is 10.1 Å². The molecule has 2 aromatic rings. The standard InChI is InChI=1S/C21H24N4O3/c1-27-18-12-16(13-19(14-18)28-2)5-6-20(26)24-8-10-25(11-9-24)21-17(15-22)4-3-7-23-21/h3-4,7,12-14H,5-6,8-11H2,1-2H3. The van der Waals surface area contributed by atoms with Gasteiger partial charge in [-0.1, -0.05) is 0 Å². The van der Waals surface area contributed by atoms with Gasteiger partial charge in [-0.25, -0.2) is 4.98 Å². The minimum atomic E-state index is 0.128. The van der Waals surface area contributed by atoms with Crippen molar-refractivity contribution >= 4 is 11.7 Å². The number of hydrogen-bond acceptors (Lipinski definition) is 6. The van der Waals surface area contributed by atoms with Crippen molar-refractivity contribution in [1.29, 1.82) is 5.26 Å². The van der Waals surface area contributed by atoms with Crippen LogP contribution in [0.2, 0.25) is 0 Å². The zero-order valence-corrected chi connectivity index (χ0v) is 16.2. The van der Waals surface area contributed by atoms with E-state index in [0.29, 0.717) is 50.4 Å². The summed E-state index contributed by atoms with van der Waals surface area (Å²) in [4.78, 5) is 20.9. The Bertz CT molecular complexity index is 848. The van der Waals surface area contributed by atoms with Crippen LogP contribution in [0.3, 0.4) is 0 Å². The number of methoxy groups -OCH3 is 2. The van der Waals surface area contributed by atoms with Crippen LogP contribution < -0.4 is 14.4 Å². The molecule has 1 aromatic carbocycles. The first-order valence-corrected chi connectivity index (χ1v) is 9.24. The number of ether oxygens (including phenoxy) is 2. The average Bonchev–Trinajstić information content (AvgIpc) is 2.77. The van der Waals surface area contributed by atoms with Crippen LogP contribution in [-0.2, 0) is 11.2 Å². The first-order chi connectivity index (χ1) is 13.6. The van der Waals surface area contributed by atoms with Crippen LogP contribution in [-0.4, -0.2) is 56.2 Å². The van der Waals surface area contributed by atoms with Gasteiger partial charge in [-0.05, 0) is 36.2 Å². The Balaban J connectivity index is 1.55. The SMILES string of the molecule is COc1cc(CCC(=O)N2CCN(c3ncccc3C#N)CC2)cc(OC)c1. The maximum atomic E-state index is 12.6. The van der Waals surface area contributed by atoms with E-state index in [1.54, 1.807) is 32.5 Å². The van der Waals surface area contributed by atoms with Gasteiger partial charge in [0.1, 0.15) is 23.4 Å². The van der Waals surface area contributed by atoms with Gasteiger partial charge in [-0.2, -0.15) is 5.26 Å². The maximum Gasteiger partial charge on any atom is 0.223 e. The number of benzene rings is 1. The summed E-state index contributed by atoms with van der Waals surface area (Å²) >= 11 is 0. The number of anilines is 1. The lowest BCUT2D eigenvalue weighted by Gasteiger charge is -2.35. The number of carbonyl (C=O) groups is 1. The summed E-state index contributed by atoms with van der Waals surface area (Å²) < 4.78 is 10.6. The van der Waals surface area contributed by atoms with Crippen molar-refractivity contribution in [2.45, 2.75) is 12.8 Å². The summed E-state index contributed by atoms with van der Waals surface area (Å²) in [5.41, 5.74) is 1.57. The van der Waals surface area contributed by atoms with Gasteiger partial charge < -0.3 is 19.3 Å². The molecule has 0 spiro atoms. The Hall–Kier alpha value is -3.27. The van der Waals surface area contributed by atoms with E-state index in [0.717, 1.165) is 17.1 Å². The normalized spacial score (nSPS) is 13.8. The fourth-order valence-corrected chi connectivity index (χ4v) is 3.32. The Morgan fingerprint density at radius 3 is 2.43 bits per heavy atom. The molecule has 0 saturated carbocycles. The van der Waals surface area contributed by atoms with Crippen molar-refractivity contribution < 1.29 is 14.3 Å². The highest BCUT2D eigenvalue weighted by Gasteiger charge is 2.23. The molecule has 3 rings (SSSR count). The van der Waals surface area contributed by atoms with E-state index in [2.05, 4.69) is 16.0 Å². The monoisotopic (exact) mass is 380 g/mol. The molecule has 146 valence electrons. The minimum Gasteiger partial charge on any atom is -0.497 e. The summed E-state index contributed by atoms with van der Waals surface area (Å²) in [6.45, 7) is 2.60. The van der Waals surface area contributed by atoms with Crippen LogP contribution in [0, 0.1) is 11.3 Å². The van der Waals surface area contributed by atoms with Crippen molar-refractivity contribution in [3.05, 3.63) is 47.7 Å². The zero-order chi connectivity index (χ0) is 19.9. The molecule has 7 heteroatoms. The summed E-state index contributed by atoms with van der Waals surface area (Å²) in [7, 11) is 3.23. The van der Waals surface area contributed by atoms with Crippen molar-refractivity contribution in [3.63, 3.8) is 0 Å². The second kappa shape index (κ2) is 9.09. The first-order valence-electron chi connectivity index (χ1n) is 9.24. The Morgan fingerprint density at radius 2 is 1.82 bits per heavy atom. The average molecular weight is 380 g/mol. The molecule has 1 saturated heterocycles. The summed E-state index contributed by atoms with van der Waals surface area (Å²) in [6.07, 6.45) is 2.75. The smallest absolute Gasteiger partial charge is 0.223 e. The predicted octanol–water partition coefficient (Wildman–Crippen LogP) is 2.25. The van der Waals surface area contributed by atoms with E-state index in [-0.39, 0.29) is 5.91 Å². The largest absolute Gasteiger partial charge is 0.497 e. The molecular formula is C21H24N4O3. The van der Waals surface area contributed by atoms with E-state index in [1.165, 1.54) is 0 Å². The fraction of sp³-hybridized carbons (Fsp3) is 0.381. The number of piperazine rings is 1. The number of aryl methyl sites for hydroxylation is 1. The molecule has 7 nitrogen and oxygen atoms in total. The van der Waals surface area contributed by atoms with Crippen molar-refractivity contribution in [1.82, 2.24) is 9.88 Å². The lowest BCUT2D eigenvalue weighted by molar-refractivity contribution is -0.131. The van der Waals surface area contributed by atoms with Gasteiger partial charge in [-0.15, -0.1) is 0 Å². The van der Waals surface area contributed by atoms with E-state index in [1.807, 2.05) is 23.1 Å².